The van der Waals surface area contributed by atoms with E-state index in [2.05, 4.69) is 93.9 Å². The van der Waals surface area contributed by atoms with Crippen LogP contribution in [-0.2, 0) is 5.54 Å². The summed E-state index contributed by atoms with van der Waals surface area (Å²) in [5.74, 6) is 1.21. The molecule has 1 atom stereocenters. The highest BCUT2D eigenvalue weighted by Gasteiger charge is 2.44. The number of fused-ring (bicyclic) bond motifs is 1. The van der Waals surface area contributed by atoms with Gasteiger partial charge in [-0.1, -0.05) is 96.2 Å². The van der Waals surface area contributed by atoms with Crippen LogP contribution in [0.5, 0.6) is 0 Å². The van der Waals surface area contributed by atoms with Crippen molar-refractivity contribution in [1.29, 1.82) is 0 Å². The van der Waals surface area contributed by atoms with Gasteiger partial charge < -0.3 is 4.52 Å². The average Bonchev–Trinajstić information content (AvgIpc) is 3.50. The number of aryl methyl sites for hydroxylation is 1. The molecule has 2 aliphatic rings. The fourth-order valence-corrected chi connectivity index (χ4v) is 7.22. The fourth-order valence-electron chi connectivity index (χ4n) is 7.22. The lowest BCUT2D eigenvalue weighted by Crippen LogP contribution is -2.43. The molecule has 1 fully saturated rings. The summed E-state index contributed by atoms with van der Waals surface area (Å²) in [6.07, 6.45) is 17.5. The van der Waals surface area contributed by atoms with Gasteiger partial charge in [0.15, 0.2) is 0 Å². The maximum atomic E-state index is 16.0. The van der Waals surface area contributed by atoms with Gasteiger partial charge in [-0.05, 0) is 67.1 Å². The maximum Gasteiger partial charge on any atom is 0.230 e. The molecule has 0 saturated heterocycles. The van der Waals surface area contributed by atoms with Gasteiger partial charge in [-0.2, -0.15) is 10.1 Å². The molecule has 1 saturated carbocycles. The molecule has 9 rings (SSSR count). The summed E-state index contributed by atoms with van der Waals surface area (Å²) in [5.41, 5.74) is 6.40. The predicted molar refractivity (Wildman–Crippen MR) is 187 cm³/mol. The molecule has 49 heavy (non-hydrogen) atoms. The summed E-state index contributed by atoms with van der Waals surface area (Å²) in [7, 11) is 0. The van der Waals surface area contributed by atoms with Crippen LogP contribution in [0.2, 0.25) is 0 Å². The van der Waals surface area contributed by atoms with Crippen LogP contribution >= 0.6 is 0 Å². The Hall–Kier alpha value is -5.89. The maximum absolute atomic E-state index is 16.0. The van der Waals surface area contributed by atoms with Crippen LogP contribution in [0.4, 0.5) is 4.39 Å². The summed E-state index contributed by atoms with van der Waals surface area (Å²) >= 11 is 0. The molecule has 0 spiro atoms. The Morgan fingerprint density at radius 1 is 0.857 bits per heavy atom. The van der Waals surface area contributed by atoms with E-state index in [1.165, 1.54) is 0 Å². The topological polar surface area (TPSA) is 74.0 Å². The Morgan fingerprint density at radius 2 is 1.63 bits per heavy atom. The van der Waals surface area contributed by atoms with Crippen molar-refractivity contribution >= 4 is 5.65 Å². The molecule has 2 aliphatic carbocycles. The molecule has 7 nitrogen and oxygen atoms in total. The van der Waals surface area contributed by atoms with Crippen molar-refractivity contribution in [3.8, 4) is 33.9 Å². The zero-order chi connectivity index (χ0) is 33.0. The van der Waals surface area contributed by atoms with E-state index in [1.54, 1.807) is 12.3 Å². The van der Waals surface area contributed by atoms with Crippen molar-refractivity contribution in [3.63, 3.8) is 0 Å². The Labute approximate surface area is 283 Å². The summed E-state index contributed by atoms with van der Waals surface area (Å²) < 4.78 is 25.6. The Morgan fingerprint density at radius 3 is 2.33 bits per heavy atom. The van der Waals surface area contributed by atoms with Gasteiger partial charge in [-0.25, -0.2) is 9.37 Å². The molecule has 0 aliphatic heterocycles. The lowest BCUT2D eigenvalue weighted by molar-refractivity contribution is 0.293. The number of allylic oxidation sites excluding steroid dienone is 4. The normalized spacial score (nSPS) is 16.1. The minimum Gasteiger partial charge on any atom is -0.339 e. The minimum atomic E-state index is -0.744. The van der Waals surface area contributed by atoms with Crippen LogP contribution < -0.4 is 0 Å². The van der Waals surface area contributed by atoms with E-state index in [0.717, 1.165) is 58.4 Å². The first-order valence-electron chi connectivity index (χ1n) is 16.7. The zero-order valence-electron chi connectivity index (χ0n) is 26.9. The number of hydrogen-bond acceptors (Lipinski definition) is 5. The van der Waals surface area contributed by atoms with Crippen molar-refractivity contribution in [2.45, 2.75) is 37.6 Å². The van der Waals surface area contributed by atoms with E-state index in [4.69, 9.17) is 14.6 Å². The lowest BCUT2D eigenvalue weighted by Gasteiger charge is -2.41. The molecule has 4 aromatic heterocycles. The third-order valence-electron chi connectivity index (χ3n) is 9.81. The van der Waals surface area contributed by atoms with Gasteiger partial charge in [0.25, 0.3) is 0 Å². The molecule has 4 heterocycles. The average molecular weight is 645 g/mol. The quantitative estimate of drug-likeness (QED) is 0.165. The first kappa shape index (κ1) is 29.3. The Balaban J connectivity index is 1.30. The third kappa shape index (κ3) is 4.94. The summed E-state index contributed by atoms with van der Waals surface area (Å²) in [4.78, 5) is 9.33. The number of benzene rings is 3. The molecule has 0 amide bonds. The van der Waals surface area contributed by atoms with Gasteiger partial charge in [-0.15, -0.1) is 0 Å². The van der Waals surface area contributed by atoms with Crippen LogP contribution in [0.15, 0.2) is 138 Å². The van der Waals surface area contributed by atoms with Crippen LogP contribution in [0.3, 0.4) is 0 Å². The van der Waals surface area contributed by atoms with Gasteiger partial charge in [-0.3, -0.25) is 9.08 Å². The smallest absolute Gasteiger partial charge is 0.230 e. The first-order valence-corrected chi connectivity index (χ1v) is 16.7. The van der Waals surface area contributed by atoms with E-state index in [9.17, 15) is 0 Å². The molecule has 0 bridgehead atoms. The molecule has 8 heteroatoms. The van der Waals surface area contributed by atoms with Gasteiger partial charge in [0.1, 0.15) is 28.4 Å². The molecule has 0 radical (unpaired) electrons. The Kier molecular flexibility index (Phi) is 6.97. The Bertz CT molecular complexity index is 2320. The van der Waals surface area contributed by atoms with Crippen molar-refractivity contribution < 1.29 is 8.91 Å². The minimum absolute atomic E-state index is 0.0207. The summed E-state index contributed by atoms with van der Waals surface area (Å²) in [5, 5.41) is 9.67. The number of pyridine rings is 1. The highest BCUT2D eigenvalue weighted by atomic mass is 19.1. The SMILES string of the molecule is Cc1ccc(-c2nn(C(c3ccccc3)(c3ccccc3)C3C=CC=CC3)cc2-c2ccc3ncc(-c4noc(C5CC5)n4)n3c2)c(F)c1. The monoisotopic (exact) mass is 644 g/mol. The molecular formula is C41H33FN6O. The highest BCUT2D eigenvalue weighted by Crippen LogP contribution is 2.46. The van der Waals surface area contributed by atoms with Gasteiger partial charge in [0.05, 0.1) is 6.20 Å². The van der Waals surface area contributed by atoms with Gasteiger partial charge >= 0.3 is 0 Å². The van der Waals surface area contributed by atoms with Crippen LogP contribution in [-0.4, -0.2) is 29.3 Å². The zero-order valence-corrected chi connectivity index (χ0v) is 26.9. The summed E-state index contributed by atoms with van der Waals surface area (Å²) in [6, 6.07) is 30.3. The second kappa shape index (κ2) is 11.7. The standard InChI is InChI=1S/C41H33FN6O/c1-27-17-21-33(35(42)23-27)38-34(29-20-22-37-43-24-36(47(37)25-29)39-44-40(49-46-39)28-18-19-28)26-48(45-38)41(30-11-5-2-6-12-30,31-13-7-3-8-14-31)32-15-9-4-10-16-32/h2-15,17,20-26,28,32H,16,18-19H2,1H3. The van der Waals surface area contributed by atoms with E-state index in [1.807, 2.05) is 53.9 Å². The number of rotatable bonds is 8. The van der Waals surface area contributed by atoms with Crippen LogP contribution in [0, 0.1) is 18.7 Å². The number of hydrogen-bond donors (Lipinski definition) is 0. The van der Waals surface area contributed by atoms with Gasteiger partial charge in [0, 0.05) is 40.9 Å². The molecule has 0 N–H and O–H groups in total. The van der Waals surface area contributed by atoms with Gasteiger partial charge in [0.2, 0.25) is 11.7 Å². The van der Waals surface area contributed by atoms with E-state index < -0.39 is 5.54 Å². The van der Waals surface area contributed by atoms with E-state index in [0.29, 0.717) is 28.9 Å². The van der Waals surface area contributed by atoms with Crippen LogP contribution in [0.1, 0.15) is 47.8 Å². The fraction of sp³-hybridized carbons (Fsp3) is 0.171. The number of aromatic nitrogens is 6. The van der Waals surface area contributed by atoms with E-state index >= 15 is 4.39 Å². The van der Waals surface area contributed by atoms with Crippen molar-refractivity contribution in [1.82, 2.24) is 29.3 Å². The van der Waals surface area contributed by atoms with Crippen molar-refractivity contribution in [2.75, 3.05) is 0 Å². The number of imidazole rings is 1. The molecular weight excluding hydrogens is 611 g/mol. The summed E-state index contributed by atoms with van der Waals surface area (Å²) in [6.45, 7) is 1.90. The molecule has 1 unspecified atom stereocenters. The van der Waals surface area contributed by atoms with Crippen molar-refractivity contribution in [2.24, 2.45) is 5.92 Å². The third-order valence-corrected chi connectivity index (χ3v) is 9.81. The number of halogens is 1. The number of nitrogens with zero attached hydrogens (tertiary/aromatic N) is 6. The molecule has 3 aromatic carbocycles. The second-order valence-electron chi connectivity index (χ2n) is 13.0. The van der Waals surface area contributed by atoms with Crippen LogP contribution in [0.25, 0.3) is 39.5 Å². The van der Waals surface area contributed by atoms with Crippen molar-refractivity contribution in [3.05, 3.63) is 162 Å². The first-order chi connectivity index (χ1) is 24.1. The largest absolute Gasteiger partial charge is 0.339 e. The molecule has 7 aromatic rings. The highest BCUT2D eigenvalue weighted by molar-refractivity contribution is 5.81. The predicted octanol–water partition coefficient (Wildman–Crippen LogP) is 9.16. The lowest BCUT2D eigenvalue weighted by atomic mass is 9.70. The second-order valence-corrected chi connectivity index (χ2v) is 13.0. The molecule has 240 valence electrons. The van der Waals surface area contributed by atoms with E-state index in [-0.39, 0.29) is 11.7 Å².